The summed E-state index contributed by atoms with van der Waals surface area (Å²) in [6, 6.07) is 0. The number of nitrogens with zero attached hydrogens (tertiary/aromatic N) is 1. The van der Waals surface area contributed by atoms with Crippen LogP contribution in [0, 0.1) is 5.92 Å². The van der Waals surface area contributed by atoms with Gasteiger partial charge in [-0.25, -0.2) is 0 Å². The molecule has 3 nitrogen and oxygen atoms in total. The molecule has 0 atom stereocenters. The van der Waals surface area contributed by atoms with Crippen LogP contribution in [0.1, 0.15) is 25.7 Å². The highest BCUT2D eigenvalue weighted by atomic mass is 19.4. The van der Waals surface area contributed by atoms with Crippen LogP contribution in [-0.4, -0.2) is 43.7 Å². The van der Waals surface area contributed by atoms with Gasteiger partial charge in [0.25, 0.3) is 0 Å². The minimum atomic E-state index is -4.40. The Balaban J connectivity index is 2.23. The first-order valence-corrected chi connectivity index (χ1v) is 5.90. The van der Waals surface area contributed by atoms with Gasteiger partial charge >= 0.3 is 6.18 Å². The maximum absolute atomic E-state index is 12.0. The number of carbonyl (C=O) groups is 1. The van der Waals surface area contributed by atoms with Crippen LogP contribution in [-0.2, 0) is 4.79 Å². The smallest absolute Gasteiger partial charge is 0.345 e. The van der Waals surface area contributed by atoms with Gasteiger partial charge in [-0.15, -0.1) is 0 Å². The van der Waals surface area contributed by atoms with Gasteiger partial charge in [0.1, 0.15) is 6.42 Å². The second-order valence-corrected chi connectivity index (χ2v) is 4.59. The number of rotatable bonds is 4. The number of nitrogens with one attached hydrogen (secondary N) is 1. The van der Waals surface area contributed by atoms with Gasteiger partial charge in [-0.3, -0.25) is 4.79 Å². The number of alkyl halides is 3. The normalized spacial score (nSPS) is 18.1. The minimum Gasteiger partial charge on any atom is -0.345 e. The van der Waals surface area contributed by atoms with Gasteiger partial charge in [-0.05, 0) is 38.3 Å². The Bertz CT molecular complexity index is 250. The molecule has 1 heterocycles. The predicted molar refractivity (Wildman–Crippen MR) is 58.5 cm³/mol. The van der Waals surface area contributed by atoms with Crippen LogP contribution in [0.2, 0.25) is 0 Å². The molecule has 17 heavy (non-hydrogen) atoms. The summed E-state index contributed by atoms with van der Waals surface area (Å²) in [6.45, 7) is 2.34. The first-order valence-electron chi connectivity index (χ1n) is 5.90. The molecule has 1 aliphatic heterocycles. The van der Waals surface area contributed by atoms with Crippen molar-refractivity contribution in [2.75, 3.05) is 26.7 Å². The molecular weight excluding hydrogens is 233 g/mol. The molecule has 1 saturated heterocycles. The van der Waals surface area contributed by atoms with Crippen molar-refractivity contribution in [3.05, 3.63) is 0 Å². The molecule has 0 aromatic carbocycles. The molecule has 1 fully saturated rings. The molecule has 0 spiro atoms. The van der Waals surface area contributed by atoms with Gasteiger partial charge < -0.3 is 10.2 Å². The molecule has 1 rings (SSSR count). The van der Waals surface area contributed by atoms with Crippen LogP contribution in [0.25, 0.3) is 0 Å². The molecule has 0 unspecified atom stereocenters. The van der Waals surface area contributed by atoms with Crippen molar-refractivity contribution < 1.29 is 18.0 Å². The molecule has 0 saturated carbocycles. The van der Waals surface area contributed by atoms with E-state index in [-0.39, 0.29) is 0 Å². The van der Waals surface area contributed by atoms with Crippen molar-refractivity contribution in [3.63, 3.8) is 0 Å². The zero-order chi connectivity index (χ0) is 12.9. The lowest BCUT2D eigenvalue weighted by Gasteiger charge is -2.25. The van der Waals surface area contributed by atoms with Crippen LogP contribution < -0.4 is 5.32 Å². The molecule has 6 heteroatoms. The van der Waals surface area contributed by atoms with Gasteiger partial charge in [0.05, 0.1) is 0 Å². The number of piperidine rings is 1. The van der Waals surface area contributed by atoms with Gasteiger partial charge in [-0.2, -0.15) is 13.2 Å². The summed E-state index contributed by atoms with van der Waals surface area (Å²) < 4.78 is 36.0. The molecule has 0 aliphatic carbocycles. The van der Waals surface area contributed by atoms with Gasteiger partial charge in [0.15, 0.2) is 0 Å². The topological polar surface area (TPSA) is 32.3 Å². The summed E-state index contributed by atoms with van der Waals surface area (Å²) in [6.07, 6.45) is -2.87. The summed E-state index contributed by atoms with van der Waals surface area (Å²) in [4.78, 5) is 12.4. The molecule has 0 bridgehead atoms. The maximum Gasteiger partial charge on any atom is 0.397 e. The van der Waals surface area contributed by atoms with Gasteiger partial charge in [0.2, 0.25) is 5.91 Å². The van der Waals surface area contributed by atoms with Crippen molar-refractivity contribution >= 4 is 5.91 Å². The molecular formula is C11H19F3N2O. The van der Waals surface area contributed by atoms with E-state index in [0.29, 0.717) is 12.5 Å². The number of carbonyl (C=O) groups excluding carboxylic acids is 1. The lowest BCUT2D eigenvalue weighted by Crippen LogP contribution is -2.34. The fourth-order valence-corrected chi connectivity index (χ4v) is 1.98. The largest absolute Gasteiger partial charge is 0.397 e. The Labute approximate surface area is 99.4 Å². The van der Waals surface area contributed by atoms with Crippen molar-refractivity contribution in [1.29, 1.82) is 0 Å². The van der Waals surface area contributed by atoms with Gasteiger partial charge in [0, 0.05) is 13.6 Å². The molecule has 1 aliphatic rings. The number of halogens is 3. The Morgan fingerprint density at radius 2 is 1.94 bits per heavy atom. The van der Waals surface area contributed by atoms with Crippen LogP contribution in [0.5, 0.6) is 0 Å². The number of amides is 1. The van der Waals surface area contributed by atoms with E-state index in [4.69, 9.17) is 0 Å². The van der Waals surface area contributed by atoms with Crippen molar-refractivity contribution in [1.82, 2.24) is 10.2 Å². The van der Waals surface area contributed by atoms with Crippen molar-refractivity contribution in [2.45, 2.75) is 31.9 Å². The van der Waals surface area contributed by atoms with Crippen LogP contribution >= 0.6 is 0 Å². The van der Waals surface area contributed by atoms with E-state index in [1.54, 1.807) is 0 Å². The number of hydrogen-bond acceptors (Lipinski definition) is 2. The third-order valence-corrected chi connectivity index (χ3v) is 3.11. The zero-order valence-electron chi connectivity index (χ0n) is 10.0. The second kappa shape index (κ2) is 6.23. The van der Waals surface area contributed by atoms with Crippen molar-refractivity contribution in [3.8, 4) is 0 Å². The minimum absolute atomic E-state index is 0.416. The van der Waals surface area contributed by atoms with Crippen LogP contribution in [0.15, 0.2) is 0 Å². The van der Waals surface area contributed by atoms with Crippen molar-refractivity contribution in [2.24, 2.45) is 5.92 Å². The average Bonchev–Trinajstić information content (AvgIpc) is 2.25. The average molecular weight is 252 g/mol. The fourth-order valence-electron chi connectivity index (χ4n) is 1.98. The SMILES string of the molecule is CN(CCC1CCNCC1)C(=O)CC(F)(F)F. The predicted octanol–water partition coefficient (Wildman–Crippen LogP) is 1.79. The monoisotopic (exact) mass is 252 g/mol. The summed E-state index contributed by atoms with van der Waals surface area (Å²) in [5.41, 5.74) is 0. The molecule has 0 radical (unpaired) electrons. The molecule has 1 N–H and O–H groups in total. The van der Waals surface area contributed by atoms with E-state index < -0.39 is 18.5 Å². The highest BCUT2D eigenvalue weighted by molar-refractivity contribution is 5.76. The standard InChI is InChI=1S/C11H19F3N2O/c1-16(10(17)8-11(12,13)14)7-4-9-2-5-15-6-3-9/h9,15H,2-8H2,1H3. The van der Waals surface area contributed by atoms with Crippen LogP contribution in [0.3, 0.4) is 0 Å². The lowest BCUT2D eigenvalue weighted by atomic mass is 9.94. The second-order valence-electron chi connectivity index (χ2n) is 4.59. The third-order valence-electron chi connectivity index (χ3n) is 3.11. The lowest BCUT2D eigenvalue weighted by molar-refractivity contribution is -0.160. The Kier molecular flexibility index (Phi) is 5.24. The Morgan fingerprint density at radius 3 is 2.47 bits per heavy atom. The first kappa shape index (κ1) is 14.3. The van der Waals surface area contributed by atoms with E-state index in [1.165, 1.54) is 11.9 Å². The summed E-state index contributed by atoms with van der Waals surface area (Å²) in [7, 11) is 1.44. The van der Waals surface area contributed by atoms with E-state index in [9.17, 15) is 18.0 Å². The highest BCUT2D eigenvalue weighted by Crippen LogP contribution is 2.21. The third kappa shape index (κ3) is 5.91. The number of hydrogen-bond donors (Lipinski definition) is 1. The Morgan fingerprint density at radius 1 is 1.35 bits per heavy atom. The Hall–Kier alpha value is -0.780. The summed E-state index contributed by atoms with van der Waals surface area (Å²) in [5.74, 6) is -0.316. The fraction of sp³-hybridized carbons (Fsp3) is 0.909. The first-order chi connectivity index (χ1) is 7.88. The molecule has 1 amide bonds. The maximum atomic E-state index is 12.0. The zero-order valence-corrected chi connectivity index (χ0v) is 10.0. The van der Waals surface area contributed by atoms with E-state index in [2.05, 4.69) is 5.32 Å². The van der Waals surface area contributed by atoms with E-state index >= 15 is 0 Å². The summed E-state index contributed by atoms with van der Waals surface area (Å²) in [5, 5.41) is 3.23. The van der Waals surface area contributed by atoms with Gasteiger partial charge in [-0.1, -0.05) is 0 Å². The highest BCUT2D eigenvalue weighted by Gasteiger charge is 2.32. The quantitative estimate of drug-likeness (QED) is 0.827. The summed E-state index contributed by atoms with van der Waals surface area (Å²) >= 11 is 0. The molecule has 100 valence electrons. The molecule has 0 aromatic rings. The van der Waals surface area contributed by atoms with Crippen LogP contribution in [0.4, 0.5) is 13.2 Å². The molecule has 0 aromatic heterocycles. The van der Waals surface area contributed by atoms with E-state index in [0.717, 1.165) is 32.4 Å². The van der Waals surface area contributed by atoms with E-state index in [1.807, 2.05) is 0 Å².